The van der Waals surface area contributed by atoms with Crippen LogP contribution in [-0.4, -0.2) is 21.5 Å². The quantitative estimate of drug-likeness (QED) is 0.764. The maximum Gasteiger partial charge on any atom is 0.147 e. The van der Waals surface area contributed by atoms with Gasteiger partial charge in [0.2, 0.25) is 0 Å². The third-order valence-electron chi connectivity index (χ3n) is 4.43. The van der Waals surface area contributed by atoms with Crippen LogP contribution in [-0.2, 0) is 0 Å². The number of fused-ring (bicyclic) bond motifs is 1. The van der Waals surface area contributed by atoms with E-state index in [0.29, 0.717) is 12.1 Å². The average molecular weight is 332 g/mol. The summed E-state index contributed by atoms with van der Waals surface area (Å²) in [6, 6.07) is 13.8. The van der Waals surface area contributed by atoms with Crippen molar-refractivity contribution in [1.82, 2.24) is 9.88 Å². The van der Waals surface area contributed by atoms with Gasteiger partial charge in [0, 0.05) is 29.9 Å². The van der Waals surface area contributed by atoms with E-state index in [1.54, 1.807) is 18.3 Å². The van der Waals surface area contributed by atoms with Crippen LogP contribution in [0.2, 0.25) is 0 Å². The monoisotopic (exact) mass is 332 g/mol. The van der Waals surface area contributed by atoms with E-state index in [2.05, 4.69) is 9.88 Å². The molecule has 1 unspecified atom stereocenters. The molecule has 2 aromatic carbocycles. The highest BCUT2D eigenvalue weighted by Gasteiger charge is 2.24. The molecule has 3 nitrogen and oxygen atoms in total. The molecular weight excluding hydrogens is 315 g/mol. The lowest BCUT2D eigenvalue weighted by atomic mass is 9.94. The van der Waals surface area contributed by atoms with Gasteiger partial charge in [-0.15, -0.1) is 0 Å². The molecule has 4 rings (SSSR count). The Balaban J connectivity index is 1.88. The molecule has 4 heteroatoms. The number of rotatable bonds is 3. The maximum absolute atomic E-state index is 13.4. The van der Waals surface area contributed by atoms with Crippen molar-refractivity contribution in [2.24, 2.45) is 0 Å². The molecule has 0 spiro atoms. The number of benzene rings is 2. The number of aromatic nitrogens is 1. The lowest BCUT2D eigenvalue weighted by Gasteiger charge is -2.32. The number of pyridine rings is 1. The summed E-state index contributed by atoms with van der Waals surface area (Å²) in [5, 5.41) is 11.7. The maximum atomic E-state index is 13.4. The van der Waals surface area contributed by atoms with Crippen LogP contribution in [0.25, 0.3) is 10.9 Å². The molecule has 2 heterocycles. The van der Waals surface area contributed by atoms with Gasteiger partial charge in [-0.2, -0.15) is 0 Å². The minimum Gasteiger partial charge on any atom is -0.505 e. The fourth-order valence-corrected chi connectivity index (χ4v) is 3.23. The Morgan fingerprint density at radius 2 is 1.88 bits per heavy atom. The minimum absolute atomic E-state index is 0.162. The topological polar surface area (TPSA) is 36.4 Å². The predicted octanol–water partition coefficient (Wildman–Crippen LogP) is 4.55. The summed E-state index contributed by atoms with van der Waals surface area (Å²) in [7, 11) is 0. The van der Waals surface area contributed by atoms with Crippen LogP contribution >= 0.6 is 0 Å². The van der Waals surface area contributed by atoms with E-state index >= 15 is 0 Å². The van der Waals surface area contributed by atoms with E-state index < -0.39 is 0 Å². The Labute approximate surface area is 145 Å². The standard InChI is InChI=1S/C21H17FN2O/c22-17-9-6-16(7-10-17)20(24-13-2-1-3-14-24)18-11-8-15-5-4-12-23-19(15)21(18)25/h1-13,20,25H,14H2. The first kappa shape index (κ1) is 15.4. The van der Waals surface area contributed by atoms with E-state index in [1.165, 1.54) is 12.1 Å². The van der Waals surface area contributed by atoms with Gasteiger partial charge in [-0.3, -0.25) is 4.98 Å². The van der Waals surface area contributed by atoms with Crippen molar-refractivity contribution in [3.05, 3.63) is 96.1 Å². The van der Waals surface area contributed by atoms with Gasteiger partial charge in [0.05, 0.1) is 6.04 Å². The number of hydrogen-bond donors (Lipinski definition) is 1. The highest BCUT2D eigenvalue weighted by atomic mass is 19.1. The van der Waals surface area contributed by atoms with Crippen molar-refractivity contribution in [3.8, 4) is 5.75 Å². The third-order valence-corrected chi connectivity index (χ3v) is 4.43. The fourth-order valence-electron chi connectivity index (χ4n) is 3.23. The number of nitrogens with zero attached hydrogens (tertiary/aromatic N) is 2. The van der Waals surface area contributed by atoms with Crippen LogP contribution in [0.5, 0.6) is 5.75 Å². The van der Waals surface area contributed by atoms with Gasteiger partial charge in [-0.1, -0.05) is 42.5 Å². The number of halogens is 1. The zero-order valence-corrected chi connectivity index (χ0v) is 13.5. The Morgan fingerprint density at radius 1 is 1.04 bits per heavy atom. The zero-order valence-electron chi connectivity index (χ0n) is 13.5. The zero-order chi connectivity index (χ0) is 17.2. The van der Waals surface area contributed by atoms with Gasteiger partial charge in [0.1, 0.15) is 17.1 Å². The minimum atomic E-state index is -0.277. The summed E-state index contributed by atoms with van der Waals surface area (Å²) in [6.07, 6.45) is 9.64. The molecule has 1 aromatic heterocycles. The van der Waals surface area contributed by atoms with Crippen LogP contribution in [0, 0.1) is 5.82 Å². The van der Waals surface area contributed by atoms with E-state index in [-0.39, 0.29) is 17.6 Å². The summed E-state index contributed by atoms with van der Waals surface area (Å²) in [5.74, 6) is -0.114. The molecule has 0 amide bonds. The molecule has 0 saturated carbocycles. The van der Waals surface area contributed by atoms with Gasteiger partial charge in [-0.25, -0.2) is 4.39 Å². The molecule has 1 N–H and O–H groups in total. The first-order valence-corrected chi connectivity index (χ1v) is 8.15. The summed E-state index contributed by atoms with van der Waals surface area (Å²) < 4.78 is 13.4. The fraction of sp³-hybridized carbons (Fsp3) is 0.0952. The van der Waals surface area contributed by atoms with Crippen molar-refractivity contribution in [2.75, 3.05) is 6.54 Å². The number of phenols is 1. The number of allylic oxidation sites excluding steroid dienone is 2. The smallest absolute Gasteiger partial charge is 0.147 e. The highest BCUT2D eigenvalue weighted by molar-refractivity contribution is 5.85. The van der Waals surface area contributed by atoms with Crippen molar-refractivity contribution >= 4 is 10.9 Å². The molecule has 1 aliphatic heterocycles. The molecule has 0 aliphatic carbocycles. The van der Waals surface area contributed by atoms with Crippen LogP contribution in [0.3, 0.4) is 0 Å². The second-order valence-corrected chi connectivity index (χ2v) is 6.00. The first-order valence-electron chi connectivity index (χ1n) is 8.15. The molecule has 124 valence electrons. The van der Waals surface area contributed by atoms with Crippen molar-refractivity contribution in [3.63, 3.8) is 0 Å². The Bertz CT molecular complexity index is 963. The number of aromatic hydroxyl groups is 1. The largest absolute Gasteiger partial charge is 0.505 e. The summed E-state index contributed by atoms with van der Waals surface area (Å²) >= 11 is 0. The molecule has 0 saturated heterocycles. The average Bonchev–Trinajstić information content (AvgIpc) is 2.66. The first-order chi connectivity index (χ1) is 12.2. The SMILES string of the molecule is Oc1c(C(c2ccc(F)cc2)N2C=CC=CC2)ccc2cccnc12. The number of hydrogen-bond acceptors (Lipinski definition) is 3. The predicted molar refractivity (Wildman–Crippen MR) is 96.6 cm³/mol. The second-order valence-electron chi connectivity index (χ2n) is 6.00. The number of phenolic OH excluding ortho intramolecular Hbond substituents is 1. The van der Waals surface area contributed by atoms with Gasteiger partial charge in [-0.05, 0) is 29.8 Å². The van der Waals surface area contributed by atoms with Crippen LogP contribution < -0.4 is 0 Å². The molecule has 0 fully saturated rings. The van der Waals surface area contributed by atoms with E-state index in [1.807, 2.05) is 48.7 Å². The molecule has 0 bridgehead atoms. The van der Waals surface area contributed by atoms with Gasteiger partial charge in [0.15, 0.2) is 0 Å². The lowest BCUT2D eigenvalue weighted by molar-refractivity contribution is 0.336. The van der Waals surface area contributed by atoms with Crippen molar-refractivity contribution in [1.29, 1.82) is 0 Å². The van der Waals surface area contributed by atoms with Crippen LogP contribution in [0.4, 0.5) is 4.39 Å². The normalized spacial score (nSPS) is 14.8. The Hall–Kier alpha value is -3.14. The van der Waals surface area contributed by atoms with Gasteiger partial charge in [0.25, 0.3) is 0 Å². The van der Waals surface area contributed by atoms with Crippen LogP contribution in [0.1, 0.15) is 17.2 Å². The van der Waals surface area contributed by atoms with E-state index in [9.17, 15) is 9.50 Å². The summed E-state index contributed by atoms with van der Waals surface area (Å²) in [5.41, 5.74) is 2.23. The second kappa shape index (κ2) is 6.40. The van der Waals surface area contributed by atoms with E-state index in [4.69, 9.17) is 0 Å². The summed E-state index contributed by atoms with van der Waals surface area (Å²) in [4.78, 5) is 6.42. The van der Waals surface area contributed by atoms with Crippen molar-refractivity contribution < 1.29 is 9.50 Å². The lowest BCUT2D eigenvalue weighted by Crippen LogP contribution is -2.26. The molecule has 1 aliphatic rings. The molecule has 0 radical (unpaired) electrons. The highest BCUT2D eigenvalue weighted by Crippen LogP contribution is 2.38. The molecular formula is C21H17FN2O. The van der Waals surface area contributed by atoms with Gasteiger partial charge < -0.3 is 10.0 Å². The molecule has 3 aromatic rings. The Morgan fingerprint density at radius 3 is 2.64 bits per heavy atom. The van der Waals surface area contributed by atoms with Crippen LogP contribution in [0.15, 0.2) is 79.2 Å². The molecule has 1 atom stereocenters. The third kappa shape index (κ3) is 2.87. The van der Waals surface area contributed by atoms with Crippen molar-refractivity contribution in [2.45, 2.75) is 6.04 Å². The molecule has 25 heavy (non-hydrogen) atoms. The van der Waals surface area contributed by atoms with Gasteiger partial charge >= 0.3 is 0 Å². The summed E-state index contributed by atoms with van der Waals surface area (Å²) in [6.45, 7) is 0.707. The Kier molecular flexibility index (Phi) is 3.94. The van der Waals surface area contributed by atoms with E-state index in [0.717, 1.165) is 16.5 Å².